The lowest BCUT2D eigenvalue weighted by Crippen LogP contribution is -2.25. The number of pyridine rings is 1. The van der Waals surface area contributed by atoms with Crippen LogP contribution in [0.25, 0.3) is 22.0 Å². The summed E-state index contributed by atoms with van der Waals surface area (Å²) < 4.78 is 14.9. The van der Waals surface area contributed by atoms with Crippen LogP contribution in [0, 0.1) is 0 Å². The van der Waals surface area contributed by atoms with Crippen molar-refractivity contribution < 1.29 is 14.3 Å². The minimum Gasteiger partial charge on any atom is -0.493 e. The average molecular weight is 460 g/mol. The van der Waals surface area contributed by atoms with Crippen molar-refractivity contribution in [1.29, 1.82) is 0 Å². The van der Waals surface area contributed by atoms with Crippen molar-refractivity contribution >= 4 is 28.3 Å². The van der Waals surface area contributed by atoms with Gasteiger partial charge in [0, 0.05) is 48.0 Å². The molecule has 0 bridgehead atoms. The molecule has 1 aliphatic carbocycles. The number of hydrogen-bond donors (Lipinski definition) is 0. The van der Waals surface area contributed by atoms with Gasteiger partial charge in [-0.05, 0) is 12.1 Å². The Balaban J connectivity index is 1.59. The SMILES string of the molecule is COc1ccc2c3c(n(CCc4cn5c(n4)SCC5)c(=O)c2c1OC)-c1ccccc1C3=O. The summed E-state index contributed by atoms with van der Waals surface area (Å²) in [6, 6.07) is 11.0. The van der Waals surface area contributed by atoms with E-state index in [4.69, 9.17) is 14.5 Å². The number of aromatic nitrogens is 3. The molecule has 2 aromatic heterocycles. The van der Waals surface area contributed by atoms with E-state index in [9.17, 15) is 9.59 Å². The van der Waals surface area contributed by atoms with Crippen LogP contribution in [0.2, 0.25) is 0 Å². The first-order valence-corrected chi connectivity index (χ1v) is 11.8. The molecule has 6 rings (SSSR count). The van der Waals surface area contributed by atoms with E-state index in [0.717, 1.165) is 28.7 Å². The van der Waals surface area contributed by atoms with Gasteiger partial charge < -0.3 is 18.6 Å². The fraction of sp³-hybridized carbons (Fsp3) is 0.240. The molecular weight excluding hydrogens is 438 g/mol. The van der Waals surface area contributed by atoms with Crippen LogP contribution < -0.4 is 15.0 Å². The number of carbonyl (C=O) groups is 1. The minimum absolute atomic E-state index is 0.0797. The van der Waals surface area contributed by atoms with Gasteiger partial charge in [-0.2, -0.15) is 0 Å². The topological polar surface area (TPSA) is 75.3 Å². The molecule has 0 radical (unpaired) electrons. The largest absolute Gasteiger partial charge is 0.493 e. The van der Waals surface area contributed by atoms with Crippen LogP contribution in [0.5, 0.6) is 11.5 Å². The van der Waals surface area contributed by atoms with Crippen molar-refractivity contribution in [1.82, 2.24) is 14.1 Å². The third-order valence-electron chi connectivity index (χ3n) is 6.38. The summed E-state index contributed by atoms with van der Waals surface area (Å²) in [5.74, 6) is 1.77. The second-order valence-electron chi connectivity index (χ2n) is 8.09. The lowest BCUT2D eigenvalue weighted by Gasteiger charge is -2.17. The van der Waals surface area contributed by atoms with Gasteiger partial charge in [-0.3, -0.25) is 9.59 Å². The minimum atomic E-state index is -0.204. The predicted molar refractivity (Wildman–Crippen MR) is 127 cm³/mol. The van der Waals surface area contributed by atoms with Crippen LogP contribution in [-0.2, 0) is 19.5 Å². The quantitative estimate of drug-likeness (QED) is 0.398. The van der Waals surface area contributed by atoms with E-state index in [2.05, 4.69) is 10.8 Å². The normalized spacial score (nSPS) is 13.8. The van der Waals surface area contributed by atoms with Crippen LogP contribution in [-0.4, -0.2) is 39.9 Å². The number of rotatable bonds is 5. The number of fused-ring (bicyclic) bond motifs is 6. The second kappa shape index (κ2) is 7.52. The third kappa shape index (κ3) is 2.87. The van der Waals surface area contributed by atoms with Gasteiger partial charge in [-0.1, -0.05) is 36.0 Å². The summed E-state index contributed by atoms with van der Waals surface area (Å²) in [6.07, 6.45) is 2.64. The number of ketones is 1. The Morgan fingerprint density at radius 2 is 1.88 bits per heavy atom. The van der Waals surface area contributed by atoms with E-state index >= 15 is 0 Å². The van der Waals surface area contributed by atoms with E-state index in [-0.39, 0.29) is 11.3 Å². The third-order valence-corrected chi connectivity index (χ3v) is 7.35. The fourth-order valence-electron chi connectivity index (χ4n) is 4.90. The zero-order chi connectivity index (χ0) is 22.7. The Kier molecular flexibility index (Phi) is 4.58. The second-order valence-corrected chi connectivity index (χ2v) is 9.15. The summed E-state index contributed by atoms with van der Waals surface area (Å²) in [6.45, 7) is 1.36. The highest BCUT2D eigenvalue weighted by molar-refractivity contribution is 7.99. The number of ether oxygens (including phenoxy) is 2. The van der Waals surface area contributed by atoms with Crippen molar-refractivity contribution in [3.05, 3.63) is 69.8 Å². The molecule has 0 atom stereocenters. The summed E-state index contributed by atoms with van der Waals surface area (Å²) in [5, 5.41) is 1.97. The molecule has 1 aliphatic heterocycles. The average Bonchev–Trinajstić information content (AvgIpc) is 3.51. The Hall–Kier alpha value is -3.52. The maximum Gasteiger partial charge on any atom is 0.262 e. The summed E-state index contributed by atoms with van der Waals surface area (Å²) in [5.41, 5.74) is 3.34. The van der Waals surface area contributed by atoms with Gasteiger partial charge in [0.15, 0.2) is 22.4 Å². The van der Waals surface area contributed by atoms with Crippen molar-refractivity contribution in [2.45, 2.75) is 24.7 Å². The van der Waals surface area contributed by atoms with Crippen molar-refractivity contribution in [2.24, 2.45) is 0 Å². The Labute approximate surface area is 194 Å². The highest BCUT2D eigenvalue weighted by Crippen LogP contribution is 2.43. The van der Waals surface area contributed by atoms with Crippen LogP contribution in [0.15, 0.2) is 52.5 Å². The standard InChI is InChI=1S/C25H21N3O4S/c1-31-18-8-7-17-19-21(15-5-3-4-6-16(15)22(19)29)28(24(30)20(17)23(18)32-2)10-9-14-13-27-11-12-33-25(27)26-14/h3-8,13H,9-12H2,1-2H3. The van der Waals surface area contributed by atoms with Crippen LogP contribution in [0.4, 0.5) is 0 Å². The molecule has 0 fully saturated rings. The van der Waals surface area contributed by atoms with Crippen LogP contribution >= 0.6 is 11.8 Å². The number of aryl methyl sites for hydroxylation is 2. The molecule has 0 unspecified atom stereocenters. The van der Waals surface area contributed by atoms with Gasteiger partial charge in [0.1, 0.15) is 0 Å². The summed E-state index contributed by atoms with van der Waals surface area (Å²) >= 11 is 1.74. The van der Waals surface area contributed by atoms with Gasteiger partial charge in [0.25, 0.3) is 5.56 Å². The number of benzene rings is 2. The predicted octanol–water partition coefficient (Wildman–Crippen LogP) is 3.78. The zero-order valence-electron chi connectivity index (χ0n) is 18.3. The summed E-state index contributed by atoms with van der Waals surface area (Å²) in [7, 11) is 3.04. The van der Waals surface area contributed by atoms with Crippen LogP contribution in [0.3, 0.4) is 0 Å². The molecule has 33 heavy (non-hydrogen) atoms. The van der Waals surface area contributed by atoms with Crippen molar-refractivity contribution in [3.63, 3.8) is 0 Å². The van der Waals surface area contributed by atoms with Gasteiger partial charge in [-0.15, -0.1) is 0 Å². The number of imidazole rings is 1. The Morgan fingerprint density at radius 3 is 2.64 bits per heavy atom. The van der Waals surface area contributed by atoms with Gasteiger partial charge >= 0.3 is 0 Å². The Morgan fingerprint density at radius 1 is 1.06 bits per heavy atom. The molecule has 0 amide bonds. The molecule has 2 aromatic carbocycles. The van der Waals surface area contributed by atoms with Gasteiger partial charge in [0.2, 0.25) is 0 Å². The Bertz CT molecular complexity index is 1500. The van der Waals surface area contributed by atoms with Gasteiger partial charge in [-0.25, -0.2) is 4.98 Å². The molecule has 0 N–H and O–H groups in total. The van der Waals surface area contributed by atoms with Gasteiger partial charge in [0.05, 0.1) is 36.6 Å². The number of nitrogens with zero attached hydrogens (tertiary/aromatic N) is 3. The van der Waals surface area contributed by atoms with E-state index in [0.29, 0.717) is 52.1 Å². The first-order chi connectivity index (χ1) is 16.1. The van der Waals surface area contributed by atoms with E-state index in [1.165, 1.54) is 14.2 Å². The number of methoxy groups -OCH3 is 2. The highest BCUT2D eigenvalue weighted by atomic mass is 32.2. The molecule has 4 aromatic rings. The number of hydrogen-bond acceptors (Lipinski definition) is 6. The monoisotopic (exact) mass is 459 g/mol. The van der Waals surface area contributed by atoms with E-state index < -0.39 is 0 Å². The zero-order valence-corrected chi connectivity index (χ0v) is 19.1. The molecular formula is C25H21N3O4S. The number of carbonyl (C=O) groups excluding carboxylic acids is 1. The smallest absolute Gasteiger partial charge is 0.262 e. The number of thioether (sulfide) groups is 1. The van der Waals surface area contributed by atoms with Crippen molar-refractivity contribution in [3.8, 4) is 22.8 Å². The first-order valence-electron chi connectivity index (χ1n) is 10.8. The van der Waals surface area contributed by atoms with E-state index in [1.54, 1.807) is 28.5 Å². The fourth-order valence-corrected chi connectivity index (χ4v) is 5.86. The molecule has 166 valence electrons. The molecule has 7 nitrogen and oxygen atoms in total. The van der Waals surface area contributed by atoms with Crippen LogP contribution in [0.1, 0.15) is 21.6 Å². The first kappa shape index (κ1) is 20.1. The molecule has 0 saturated carbocycles. The molecule has 8 heteroatoms. The molecule has 0 saturated heterocycles. The summed E-state index contributed by atoms with van der Waals surface area (Å²) in [4.78, 5) is 32.1. The molecule has 2 aliphatic rings. The lowest BCUT2D eigenvalue weighted by molar-refractivity contribution is 0.104. The highest BCUT2D eigenvalue weighted by Gasteiger charge is 2.33. The van der Waals surface area contributed by atoms with Crippen molar-refractivity contribution in [2.75, 3.05) is 20.0 Å². The maximum absolute atomic E-state index is 13.9. The maximum atomic E-state index is 13.9. The lowest BCUT2D eigenvalue weighted by atomic mass is 10.0. The molecule has 3 heterocycles. The van der Waals surface area contributed by atoms with E-state index in [1.807, 2.05) is 24.3 Å². The molecule has 0 spiro atoms.